The number of nitrogens with zero attached hydrogens (tertiary/aromatic N) is 1. The van der Waals surface area contributed by atoms with Crippen LogP contribution >= 0.6 is 0 Å². The minimum Gasteiger partial charge on any atom is -0.422 e. The normalized spacial score (nSPS) is 13.8. The lowest BCUT2D eigenvalue weighted by Crippen LogP contribution is -2.35. The van der Waals surface area contributed by atoms with Crippen LogP contribution in [0.3, 0.4) is 0 Å². The highest BCUT2D eigenvalue weighted by Gasteiger charge is 2.34. The van der Waals surface area contributed by atoms with Crippen LogP contribution in [0.15, 0.2) is 63.8 Å². The molecule has 0 radical (unpaired) electrons. The van der Waals surface area contributed by atoms with E-state index in [1.807, 2.05) is 6.07 Å². The van der Waals surface area contributed by atoms with E-state index < -0.39 is 11.5 Å². The van der Waals surface area contributed by atoms with Gasteiger partial charge in [0.25, 0.3) is 5.91 Å². The van der Waals surface area contributed by atoms with E-state index in [0.717, 1.165) is 12.8 Å². The molecule has 4 nitrogen and oxygen atoms in total. The molecule has 1 saturated carbocycles. The Kier molecular flexibility index (Phi) is 3.84. The maximum atomic E-state index is 14.0. The molecule has 5 heteroatoms. The molecule has 2 aromatic carbocycles. The van der Waals surface area contributed by atoms with E-state index in [9.17, 15) is 14.0 Å². The molecule has 3 aromatic rings. The third-order valence-corrected chi connectivity index (χ3v) is 4.42. The topological polar surface area (TPSA) is 50.5 Å². The second kappa shape index (κ2) is 6.16. The summed E-state index contributed by atoms with van der Waals surface area (Å²) in [6.45, 7) is 0.141. The zero-order valence-electron chi connectivity index (χ0n) is 13.4. The van der Waals surface area contributed by atoms with Crippen LogP contribution in [0, 0.1) is 5.82 Å². The summed E-state index contributed by atoms with van der Waals surface area (Å²) in [4.78, 5) is 26.8. The van der Waals surface area contributed by atoms with Crippen LogP contribution in [0.2, 0.25) is 0 Å². The molecule has 0 bridgehead atoms. The summed E-state index contributed by atoms with van der Waals surface area (Å²) in [6.07, 6.45) is 1.72. The van der Waals surface area contributed by atoms with Crippen molar-refractivity contribution in [3.05, 3.63) is 82.0 Å². The zero-order valence-corrected chi connectivity index (χ0v) is 13.4. The van der Waals surface area contributed by atoms with E-state index in [1.165, 1.54) is 6.07 Å². The number of carbonyl (C=O) groups is 1. The average Bonchev–Trinajstić information content (AvgIpc) is 3.45. The van der Waals surface area contributed by atoms with Gasteiger partial charge in [0.1, 0.15) is 17.0 Å². The van der Waals surface area contributed by atoms with Crippen molar-refractivity contribution in [2.75, 3.05) is 0 Å². The van der Waals surface area contributed by atoms with Gasteiger partial charge in [0.2, 0.25) is 0 Å². The first-order valence-electron chi connectivity index (χ1n) is 8.21. The summed E-state index contributed by atoms with van der Waals surface area (Å²) in [5.41, 5.74) is 0.203. The van der Waals surface area contributed by atoms with Crippen molar-refractivity contribution in [1.82, 2.24) is 4.90 Å². The Morgan fingerprint density at radius 2 is 1.84 bits per heavy atom. The third-order valence-electron chi connectivity index (χ3n) is 4.42. The summed E-state index contributed by atoms with van der Waals surface area (Å²) in [6, 6.07) is 15.0. The van der Waals surface area contributed by atoms with Crippen molar-refractivity contribution < 1.29 is 13.6 Å². The van der Waals surface area contributed by atoms with E-state index in [4.69, 9.17) is 4.42 Å². The van der Waals surface area contributed by atoms with Crippen molar-refractivity contribution in [3.63, 3.8) is 0 Å². The summed E-state index contributed by atoms with van der Waals surface area (Å²) in [5, 5.41) is 0.687. The van der Waals surface area contributed by atoms with Gasteiger partial charge >= 0.3 is 5.63 Å². The molecule has 1 amide bonds. The Morgan fingerprint density at radius 1 is 1.12 bits per heavy atom. The Bertz CT molecular complexity index is 1010. The minimum atomic E-state index is -0.664. The number of amides is 1. The number of benzene rings is 2. The average molecular weight is 337 g/mol. The molecule has 0 saturated heterocycles. The first kappa shape index (κ1) is 15.6. The summed E-state index contributed by atoms with van der Waals surface area (Å²) < 4.78 is 19.2. The van der Waals surface area contributed by atoms with Gasteiger partial charge in [0, 0.05) is 23.5 Å². The van der Waals surface area contributed by atoms with Gasteiger partial charge in [-0.1, -0.05) is 36.4 Å². The van der Waals surface area contributed by atoms with Crippen molar-refractivity contribution in [3.8, 4) is 0 Å². The van der Waals surface area contributed by atoms with Crippen LogP contribution in [-0.4, -0.2) is 16.8 Å². The maximum Gasteiger partial charge on any atom is 0.349 e. The molecule has 4 rings (SSSR count). The number of hydrogen-bond acceptors (Lipinski definition) is 3. The highest BCUT2D eigenvalue weighted by molar-refractivity contribution is 5.97. The van der Waals surface area contributed by atoms with E-state index in [2.05, 4.69) is 0 Å². The smallest absolute Gasteiger partial charge is 0.349 e. The predicted octanol–water partition coefficient (Wildman–Crippen LogP) is 3.74. The Morgan fingerprint density at radius 3 is 2.60 bits per heavy atom. The predicted molar refractivity (Wildman–Crippen MR) is 91.8 cm³/mol. The molecule has 126 valence electrons. The highest BCUT2D eigenvalue weighted by Crippen LogP contribution is 2.30. The van der Waals surface area contributed by atoms with Crippen LogP contribution < -0.4 is 5.63 Å². The monoisotopic (exact) mass is 337 g/mol. The number of fused-ring (bicyclic) bond motifs is 1. The molecule has 0 N–H and O–H groups in total. The molecule has 0 atom stereocenters. The lowest BCUT2D eigenvalue weighted by Gasteiger charge is -2.22. The zero-order chi connectivity index (χ0) is 17.4. The fourth-order valence-corrected chi connectivity index (χ4v) is 2.93. The lowest BCUT2D eigenvalue weighted by molar-refractivity contribution is 0.0724. The van der Waals surface area contributed by atoms with Gasteiger partial charge in [-0.05, 0) is 31.0 Å². The third kappa shape index (κ3) is 3.05. The second-order valence-corrected chi connectivity index (χ2v) is 6.24. The minimum absolute atomic E-state index is 0.0121. The molecule has 0 unspecified atom stereocenters. The molecule has 1 aliphatic carbocycles. The quantitative estimate of drug-likeness (QED) is 0.682. The van der Waals surface area contributed by atoms with Gasteiger partial charge in [0.15, 0.2) is 0 Å². The number of halogens is 1. The van der Waals surface area contributed by atoms with Crippen molar-refractivity contribution in [2.24, 2.45) is 0 Å². The summed E-state index contributed by atoms with van der Waals surface area (Å²) in [7, 11) is 0. The largest absolute Gasteiger partial charge is 0.422 e. The molecular weight excluding hydrogens is 321 g/mol. The van der Waals surface area contributed by atoms with E-state index in [0.29, 0.717) is 16.5 Å². The molecule has 1 fully saturated rings. The van der Waals surface area contributed by atoms with Crippen LogP contribution in [-0.2, 0) is 6.54 Å². The number of para-hydroxylation sites is 1. The highest BCUT2D eigenvalue weighted by atomic mass is 19.1. The van der Waals surface area contributed by atoms with Gasteiger partial charge in [-0.15, -0.1) is 0 Å². The van der Waals surface area contributed by atoms with Gasteiger partial charge < -0.3 is 9.32 Å². The van der Waals surface area contributed by atoms with E-state index >= 15 is 0 Å². The van der Waals surface area contributed by atoms with E-state index in [1.54, 1.807) is 47.4 Å². The molecule has 0 spiro atoms. The molecule has 1 heterocycles. The number of carbonyl (C=O) groups excluding carboxylic acids is 1. The van der Waals surface area contributed by atoms with E-state index in [-0.39, 0.29) is 24.0 Å². The Balaban J connectivity index is 1.71. The van der Waals surface area contributed by atoms with Crippen molar-refractivity contribution >= 4 is 16.9 Å². The van der Waals surface area contributed by atoms with Gasteiger partial charge in [-0.2, -0.15) is 0 Å². The van der Waals surface area contributed by atoms with Crippen molar-refractivity contribution in [2.45, 2.75) is 25.4 Å². The Hall–Kier alpha value is -2.95. The van der Waals surface area contributed by atoms with Crippen LogP contribution in [0.1, 0.15) is 28.8 Å². The molecule has 1 aromatic heterocycles. The van der Waals surface area contributed by atoms with Gasteiger partial charge in [0.05, 0.1) is 0 Å². The van der Waals surface area contributed by atoms with Crippen LogP contribution in [0.25, 0.3) is 11.0 Å². The molecule has 1 aliphatic rings. The summed E-state index contributed by atoms with van der Waals surface area (Å²) >= 11 is 0. The fraction of sp³-hybridized carbons (Fsp3) is 0.200. The first-order valence-corrected chi connectivity index (χ1v) is 8.21. The fourth-order valence-electron chi connectivity index (χ4n) is 2.93. The standard InChI is InChI=1S/C20H16FNO3/c21-17-7-3-1-6-14(17)12-22(15-9-10-15)19(23)16-11-13-5-2-4-8-18(13)25-20(16)24/h1-8,11,15H,9-10,12H2. The van der Waals surface area contributed by atoms with Crippen LogP contribution in [0.5, 0.6) is 0 Å². The van der Waals surface area contributed by atoms with Crippen molar-refractivity contribution in [1.29, 1.82) is 0 Å². The number of rotatable bonds is 4. The lowest BCUT2D eigenvalue weighted by atomic mass is 10.1. The van der Waals surface area contributed by atoms with Gasteiger partial charge in [-0.3, -0.25) is 4.79 Å². The maximum absolute atomic E-state index is 14.0. The SMILES string of the molecule is O=C(c1cc2ccccc2oc1=O)N(Cc1ccccc1F)C1CC1. The molecule has 0 aliphatic heterocycles. The Labute approximate surface area is 143 Å². The second-order valence-electron chi connectivity index (χ2n) is 6.24. The van der Waals surface area contributed by atoms with Crippen LogP contribution in [0.4, 0.5) is 4.39 Å². The molecular formula is C20H16FNO3. The summed E-state index contributed by atoms with van der Waals surface area (Å²) in [5.74, 6) is -0.767. The number of hydrogen-bond donors (Lipinski definition) is 0. The first-order chi connectivity index (χ1) is 12.1. The molecule has 25 heavy (non-hydrogen) atoms. The van der Waals surface area contributed by atoms with Gasteiger partial charge in [-0.25, -0.2) is 9.18 Å².